The lowest BCUT2D eigenvalue weighted by Crippen LogP contribution is -2.05. The summed E-state index contributed by atoms with van der Waals surface area (Å²) in [6, 6.07) is 0. The summed E-state index contributed by atoms with van der Waals surface area (Å²) in [5.74, 6) is -0.171. The van der Waals surface area contributed by atoms with Gasteiger partial charge >= 0.3 is 5.97 Å². The summed E-state index contributed by atoms with van der Waals surface area (Å²) in [7, 11) is 0. The SMILES string of the molecule is CC(=O)OCCCCCC(C)(C)C. The molecule has 2 nitrogen and oxygen atoms in total. The monoisotopic (exact) mass is 186 g/mol. The molecular weight excluding hydrogens is 164 g/mol. The van der Waals surface area contributed by atoms with Gasteiger partial charge in [0.25, 0.3) is 0 Å². The van der Waals surface area contributed by atoms with Crippen LogP contribution in [0, 0.1) is 5.41 Å². The minimum absolute atomic E-state index is 0.171. The van der Waals surface area contributed by atoms with Gasteiger partial charge in [-0.3, -0.25) is 4.79 Å². The molecule has 0 aliphatic rings. The van der Waals surface area contributed by atoms with Crippen LogP contribution >= 0.6 is 0 Å². The summed E-state index contributed by atoms with van der Waals surface area (Å²) in [6.45, 7) is 8.78. The Kier molecular flexibility index (Phi) is 5.76. The van der Waals surface area contributed by atoms with Gasteiger partial charge in [0.2, 0.25) is 0 Å². The van der Waals surface area contributed by atoms with Crippen LogP contribution in [0.2, 0.25) is 0 Å². The lowest BCUT2D eigenvalue weighted by atomic mass is 9.89. The van der Waals surface area contributed by atoms with Crippen molar-refractivity contribution >= 4 is 5.97 Å². The highest BCUT2D eigenvalue weighted by Crippen LogP contribution is 2.21. The first-order valence-electron chi connectivity index (χ1n) is 5.05. The minimum atomic E-state index is -0.171. The third-order valence-corrected chi connectivity index (χ3v) is 1.88. The standard InChI is InChI=1S/C11H22O2/c1-10(12)13-9-7-5-6-8-11(2,3)4/h5-9H2,1-4H3. The van der Waals surface area contributed by atoms with Crippen LogP contribution in [0.5, 0.6) is 0 Å². The number of ether oxygens (including phenoxy) is 1. The number of carbonyl (C=O) groups is 1. The van der Waals surface area contributed by atoms with Crippen molar-refractivity contribution in [2.75, 3.05) is 6.61 Å². The van der Waals surface area contributed by atoms with Crippen LogP contribution in [0.25, 0.3) is 0 Å². The van der Waals surface area contributed by atoms with E-state index in [0.29, 0.717) is 12.0 Å². The molecule has 0 saturated heterocycles. The summed E-state index contributed by atoms with van der Waals surface area (Å²) >= 11 is 0. The number of rotatable bonds is 5. The Hall–Kier alpha value is -0.530. The zero-order valence-electron chi connectivity index (χ0n) is 9.35. The van der Waals surface area contributed by atoms with E-state index in [2.05, 4.69) is 20.8 Å². The molecule has 0 aliphatic heterocycles. The second kappa shape index (κ2) is 6.01. The van der Waals surface area contributed by atoms with Crippen LogP contribution in [0.4, 0.5) is 0 Å². The van der Waals surface area contributed by atoms with Crippen LogP contribution in [0.15, 0.2) is 0 Å². The first-order chi connectivity index (χ1) is 5.92. The fourth-order valence-electron chi connectivity index (χ4n) is 1.15. The molecule has 0 N–H and O–H groups in total. The van der Waals surface area contributed by atoms with Crippen molar-refractivity contribution in [3.63, 3.8) is 0 Å². The van der Waals surface area contributed by atoms with E-state index in [1.165, 1.54) is 19.8 Å². The van der Waals surface area contributed by atoms with E-state index in [-0.39, 0.29) is 5.97 Å². The Bertz CT molecular complexity index is 145. The second-order valence-electron chi connectivity index (χ2n) is 4.71. The molecule has 2 heteroatoms. The van der Waals surface area contributed by atoms with Crippen LogP contribution in [-0.2, 0) is 9.53 Å². The Morgan fingerprint density at radius 1 is 1.15 bits per heavy atom. The van der Waals surface area contributed by atoms with E-state index in [0.717, 1.165) is 12.8 Å². The van der Waals surface area contributed by atoms with Gasteiger partial charge < -0.3 is 4.74 Å². The molecule has 0 bridgehead atoms. The predicted octanol–water partition coefficient (Wildman–Crippen LogP) is 3.16. The quantitative estimate of drug-likeness (QED) is 0.487. The zero-order valence-corrected chi connectivity index (χ0v) is 9.35. The van der Waals surface area contributed by atoms with Gasteiger partial charge in [-0.05, 0) is 18.3 Å². The van der Waals surface area contributed by atoms with E-state index in [4.69, 9.17) is 4.74 Å². The van der Waals surface area contributed by atoms with Gasteiger partial charge in [-0.25, -0.2) is 0 Å². The smallest absolute Gasteiger partial charge is 0.302 e. The van der Waals surface area contributed by atoms with Crippen LogP contribution < -0.4 is 0 Å². The van der Waals surface area contributed by atoms with Gasteiger partial charge in [0.1, 0.15) is 0 Å². The maximum atomic E-state index is 10.4. The summed E-state index contributed by atoms with van der Waals surface area (Å²) in [5, 5.41) is 0. The molecule has 0 aliphatic carbocycles. The average molecular weight is 186 g/mol. The third-order valence-electron chi connectivity index (χ3n) is 1.88. The van der Waals surface area contributed by atoms with Crippen LogP contribution in [0.1, 0.15) is 53.4 Å². The molecule has 0 atom stereocenters. The average Bonchev–Trinajstić information content (AvgIpc) is 1.93. The maximum absolute atomic E-state index is 10.4. The predicted molar refractivity (Wildman–Crippen MR) is 54.6 cm³/mol. The van der Waals surface area contributed by atoms with E-state index >= 15 is 0 Å². The topological polar surface area (TPSA) is 26.3 Å². The molecule has 0 amide bonds. The lowest BCUT2D eigenvalue weighted by molar-refractivity contribution is -0.141. The van der Waals surface area contributed by atoms with Crippen LogP contribution in [-0.4, -0.2) is 12.6 Å². The van der Waals surface area contributed by atoms with Gasteiger partial charge in [-0.15, -0.1) is 0 Å². The number of unbranched alkanes of at least 4 members (excludes halogenated alkanes) is 2. The highest BCUT2D eigenvalue weighted by Gasteiger charge is 2.08. The molecule has 0 fully saturated rings. The minimum Gasteiger partial charge on any atom is -0.466 e. The van der Waals surface area contributed by atoms with Crippen molar-refractivity contribution in [1.82, 2.24) is 0 Å². The van der Waals surface area contributed by atoms with Crippen LogP contribution in [0.3, 0.4) is 0 Å². The normalized spacial score (nSPS) is 11.4. The fourth-order valence-corrected chi connectivity index (χ4v) is 1.15. The molecule has 0 saturated carbocycles. The number of hydrogen-bond donors (Lipinski definition) is 0. The molecule has 0 heterocycles. The third kappa shape index (κ3) is 11.5. The van der Waals surface area contributed by atoms with Crippen molar-refractivity contribution in [2.45, 2.75) is 53.4 Å². The molecule has 0 spiro atoms. The highest BCUT2D eigenvalue weighted by molar-refractivity contribution is 5.65. The summed E-state index contributed by atoms with van der Waals surface area (Å²) in [6.07, 6.45) is 4.62. The Morgan fingerprint density at radius 3 is 2.23 bits per heavy atom. The maximum Gasteiger partial charge on any atom is 0.302 e. The molecular formula is C11H22O2. The number of esters is 1. The number of carbonyl (C=O) groups excluding carboxylic acids is 1. The van der Waals surface area contributed by atoms with Crippen molar-refractivity contribution in [3.05, 3.63) is 0 Å². The van der Waals surface area contributed by atoms with Crippen molar-refractivity contribution in [2.24, 2.45) is 5.41 Å². The van der Waals surface area contributed by atoms with Gasteiger partial charge in [0.15, 0.2) is 0 Å². The molecule has 0 aromatic carbocycles. The van der Waals surface area contributed by atoms with E-state index < -0.39 is 0 Å². The molecule has 0 aromatic rings. The lowest BCUT2D eigenvalue weighted by Gasteiger charge is -2.17. The molecule has 0 radical (unpaired) electrons. The Labute approximate surface area is 81.7 Å². The molecule has 78 valence electrons. The van der Waals surface area contributed by atoms with E-state index in [1.54, 1.807) is 0 Å². The Balaban J connectivity index is 3.13. The fraction of sp³-hybridized carbons (Fsp3) is 0.909. The number of hydrogen-bond acceptors (Lipinski definition) is 2. The molecule has 0 unspecified atom stereocenters. The van der Waals surface area contributed by atoms with E-state index in [1.807, 2.05) is 0 Å². The van der Waals surface area contributed by atoms with Crippen molar-refractivity contribution < 1.29 is 9.53 Å². The molecule has 0 rings (SSSR count). The molecule has 0 aromatic heterocycles. The van der Waals surface area contributed by atoms with Crippen molar-refractivity contribution in [1.29, 1.82) is 0 Å². The van der Waals surface area contributed by atoms with Gasteiger partial charge in [0, 0.05) is 6.92 Å². The largest absolute Gasteiger partial charge is 0.466 e. The zero-order chi connectivity index (χ0) is 10.3. The van der Waals surface area contributed by atoms with Crippen molar-refractivity contribution in [3.8, 4) is 0 Å². The van der Waals surface area contributed by atoms with Gasteiger partial charge in [0.05, 0.1) is 6.61 Å². The first kappa shape index (κ1) is 12.5. The second-order valence-corrected chi connectivity index (χ2v) is 4.71. The summed E-state index contributed by atoms with van der Waals surface area (Å²) in [5.41, 5.74) is 0.432. The summed E-state index contributed by atoms with van der Waals surface area (Å²) < 4.78 is 4.84. The van der Waals surface area contributed by atoms with Gasteiger partial charge in [-0.2, -0.15) is 0 Å². The molecule has 13 heavy (non-hydrogen) atoms. The highest BCUT2D eigenvalue weighted by atomic mass is 16.5. The van der Waals surface area contributed by atoms with Gasteiger partial charge in [-0.1, -0.05) is 33.6 Å². The summed E-state index contributed by atoms with van der Waals surface area (Å²) in [4.78, 5) is 10.4. The Morgan fingerprint density at radius 2 is 1.77 bits per heavy atom. The van der Waals surface area contributed by atoms with E-state index in [9.17, 15) is 4.79 Å². The first-order valence-corrected chi connectivity index (χ1v) is 5.05.